The molecule has 0 bridgehead atoms. The van der Waals surface area contributed by atoms with Gasteiger partial charge in [0.15, 0.2) is 5.82 Å². The second-order valence-electron chi connectivity index (χ2n) is 3.60. The van der Waals surface area contributed by atoms with E-state index in [0.717, 1.165) is 23.8 Å². The molecule has 0 aliphatic heterocycles. The average Bonchev–Trinajstić information content (AvgIpc) is 2.83. The third-order valence-corrected chi connectivity index (χ3v) is 2.28. The average molecular weight is 232 g/mol. The normalized spacial score (nSPS) is 10.5. The minimum atomic E-state index is 0.410. The molecular weight excluding hydrogens is 216 g/mol. The summed E-state index contributed by atoms with van der Waals surface area (Å²) < 4.78 is 5.07. The molecule has 0 unspecified atom stereocenters. The van der Waals surface area contributed by atoms with E-state index >= 15 is 0 Å². The van der Waals surface area contributed by atoms with Crippen LogP contribution in [0.25, 0.3) is 11.4 Å². The summed E-state index contributed by atoms with van der Waals surface area (Å²) in [5.74, 6) is 1.50. The van der Waals surface area contributed by atoms with E-state index in [1.807, 2.05) is 31.3 Å². The number of hydrogen-bond acceptors (Lipinski definition) is 4. The highest BCUT2D eigenvalue weighted by atomic mass is 16.5. The van der Waals surface area contributed by atoms with Gasteiger partial charge in [-0.1, -0.05) is 0 Å². The van der Waals surface area contributed by atoms with Gasteiger partial charge in [-0.05, 0) is 19.1 Å². The van der Waals surface area contributed by atoms with Crippen LogP contribution in [-0.4, -0.2) is 28.6 Å². The number of ether oxygens (including phenoxy) is 1. The molecule has 5 heteroatoms. The Morgan fingerprint density at radius 2 is 2.29 bits per heavy atom. The number of H-pyrrole nitrogens is 1. The van der Waals surface area contributed by atoms with Crippen molar-refractivity contribution in [2.75, 3.05) is 19.0 Å². The van der Waals surface area contributed by atoms with Crippen LogP contribution in [0.2, 0.25) is 0 Å². The SMILES string of the molecule is CCNc1cc(-c2ccc[nH]2)nc(COC)n1. The van der Waals surface area contributed by atoms with E-state index in [0.29, 0.717) is 12.4 Å². The Morgan fingerprint density at radius 3 is 2.94 bits per heavy atom. The highest BCUT2D eigenvalue weighted by Crippen LogP contribution is 2.18. The number of anilines is 1. The summed E-state index contributed by atoms with van der Waals surface area (Å²) in [6, 6.07) is 5.85. The largest absolute Gasteiger partial charge is 0.377 e. The van der Waals surface area contributed by atoms with Crippen molar-refractivity contribution in [3.05, 3.63) is 30.2 Å². The lowest BCUT2D eigenvalue weighted by Gasteiger charge is -2.07. The monoisotopic (exact) mass is 232 g/mol. The van der Waals surface area contributed by atoms with E-state index in [9.17, 15) is 0 Å². The molecular formula is C12H16N4O. The van der Waals surface area contributed by atoms with Crippen molar-refractivity contribution in [2.24, 2.45) is 0 Å². The Labute approximate surface area is 100 Å². The highest BCUT2D eigenvalue weighted by molar-refractivity contribution is 5.58. The smallest absolute Gasteiger partial charge is 0.157 e. The van der Waals surface area contributed by atoms with Crippen LogP contribution >= 0.6 is 0 Å². The molecule has 2 aromatic heterocycles. The van der Waals surface area contributed by atoms with Crippen molar-refractivity contribution < 1.29 is 4.74 Å². The number of nitrogens with one attached hydrogen (secondary N) is 2. The van der Waals surface area contributed by atoms with E-state index in [4.69, 9.17) is 4.74 Å². The van der Waals surface area contributed by atoms with Gasteiger partial charge >= 0.3 is 0 Å². The first kappa shape index (κ1) is 11.6. The Morgan fingerprint density at radius 1 is 1.41 bits per heavy atom. The molecule has 0 atom stereocenters. The van der Waals surface area contributed by atoms with Gasteiger partial charge < -0.3 is 15.0 Å². The van der Waals surface area contributed by atoms with Crippen molar-refractivity contribution in [3.63, 3.8) is 0 Å². The van der Waals surface area contributed by atoms with E-state index in [1.165, 1.54) is 0 Å². The summed E-state index contributed by atoms with van der Waals surface area (Å²) in [4.78, 5) is 11.9. The first-order chi connectivity index (χ1) is 8.33. The van der Waals surface area contributed by atoms with Crippen LogP contribution in [0.15, 0.2) is 24.4 Å². The minimum Gasteiger partial charge on any atom is -0.377 e. The fraction of sp³-hybridized carbons (Fsp3) is 0.333. The molecule has 0 spiro atoms. The lowest BCUT2D eigenvalue weighted by molar-refractivity contribution is 0.178. The highest BCUT2D eigenvalue weighted by Gasteiger charge is 2.06. The predicted octanol–water partition coefficient (Wildman–Crippen LogP) is 2.05. The van der Waals surface area contributed by atoms with Gasteiger partial charge in [-0.15, -0.1) is 0 Å². The molecule has 0 saturated heterocycles. The summed E-state index contributed by atoms with van der Waals surface area (Å²) in [6.45, 7) is 3.27. The van der Waals surface area contributed by atoms with Crippen molar-refractivity contribution in [1.29, 1.82) is 0 Å². The van der Waals surface area contributed by atoms with Crippen LogP contribution in [0.4, 0.5) is 5.82 Å². The maximum atomic E-state index is 5.07. The summed E-state index contributed by atoms with van der Waals surface area (Å²) >= 11 is 0. The number of hydrogen-bond donors (Lipinski definition) is 2. The van der Waals surface area contributed by atoms with Gasteiger partial charge in [0, 0.05) is 25.9 Å². The first-order valence-electron chi connectivity index (χ1n) is 5.58. The molecule has 2 aromatic rings. The molecule has 0 saturated carbocycles. The van der Waals surface area contributed by atoms with Gasteiger partial charge in [-0.2, -0.15) is 0 Å². The molecule has 5 nitrogen and oxygen atoms in total. The number of aromatic amines is 1. The minimum absolute atomic E-state index is 0.410. The first-order valence-corrected chi connectivity index (χ1v) is 5.58. The second-order valence-corrected chi connectivity index (χ2v) is 3.60. The Kier molecular flexibility index (Phi) is 3.72. The molecule has 0 aromatic carbocycles. The lowest BCUT2D eigenvalue weighted by Crippen LogP contribution is -2.05. The van der Waals surface area contributed by atoms with Crippen molar-refractivity contribution in [2.45, 2.75) is 13.5 Å². The summed E-state index contributed by atoms with van der Waals surface area (Å²) in [6.07, 6.45) is 1.88. The number of nitrogens with zero attached hydrogens (tertiary/aromatic N) is 2. The van der Waals surface area contributed by atoms with E-state index in [1.54, 1.807) is 7.11 Å². The molecule has 0 radical (unpaired) electrons. The zero-order valence-electron chi connectivity index (χ0n) is 10.0. The van der Waals surface area contributed by atoms with E-state index in [2.05, 4.69) is 20.3 Å². The van der Waals surface area contributed by atoms with Crippen molar-refractivity contribution in [1.82, 2.24) is 15.0 Å². The molecule has 17 heavy (non-hydrogen) atoms. The van der Waals surface area contributed by atoms with Gasteiger partial charge in [-0.3, -0.25) is 0 Å². The zero-order valence-corrected chi connectivity index (χ0v) is 10.0. The molecule has 0 aliphatic rings. The third-order valence-electron chi connectivity index (χ3n) is 2.28. The summed E-state index contributed by atoms with van der Waals surface area (Å²) in [7, 11) is 1.64. The van der Waals surface area contributed by atoms with E-state index in [-0.39, 0.29) is 0 Å². The summed E-state index contributed by atoms with van der Waals surface area (Å²) in [5, 5.41) is 3.19. The lowest BCUT2D eigenvalue weighted by atomic mass is 10.3. The number of aromatic nitrogens is 3. The molecule has 90 valence electrons. The van der Waals surface area contributed by atoms with Crippen LogP contribution in [-0.2, 0) is 11.3 Å². The van der Waals surface area contributed by atoms with Gasteiger partial charge in [-0.25, -0.2) is 9.97 Å². The molecule has 0 fully saturated rings. The maximum Gasteiger partial charge on any atom is 0.157 e. The molecule has 2 heterocycles. The maximum absolute atomic E-state index is 5.07. The molecule has 2 N–H and O–H groups in total. The number of rotatable bonds is 5. The zero-order chi connectivity index (χ0) is 12.1. The molecule has 0 aliphatic carbocycles. The van der Waals surface area contributed by atoms with E-state index < -0.39 is 0 Å². The second kappa shape index (κ2) is 5.45. The van der Waals surface area contributed by atoms with Crippen LogP contribution in [0.5, 0.6) is 0 Å². The summed E-state index contributed by atoms with van der Waals surface area (Å²) in [5.41, 5.74) is 1.84. The van der Waals surface area contributed by atoms with Crippen molar-refractivity contribution in [3.8, 4) is 11.4 Å². The fourth-order valence-corrected chi connectivity index (χ4v) is 1.59. The van der Waals surface area contributed by atoms with Crippen LogP contribution in [0, 0.1) is 0 Å². The predicted molar refractivity (Wildman–Crippen MR) is 66.7 cm³/mol. The molecule has 2 rings (SSSR count). The Bertz CT molecular complexity index is 443. The fourth-order valence-electron chi connectivity index (χ4n) is 1.59. The van der Waals surface area contributed by atoms with Gasteiger partial charge in [0.1, 0.15) is 12.4 Å². The van der Waals surface area contributed by atoms with Crippen molar-refractivity contribution >= 4 is 5.82 Å². The van der Waals surface area contributed by atoms with Crippen LogP contribution < -0.4 is 5.32 Å². The quantitative estimate of drug-likeness (QED) is 0.828. The van der Waals surface area contributed by atoms with Crippen LogP contribution in [0.1, 0.15) is 12.7 Å². The third kappa shape index (κ3) is 2.82. The van der Waals surface area contributed by atoms with Gasteiger partial charge in [0.2, 0.25) is 0 Å². The topological polar surface area (TPSA) is 62.8 Å². The Balaban J connectivity index is 2.37. The Hall–Kier alpha value is -1.88. The number of methoxy groups -OCH3 is 1. The van der Waals surface area contributed by atoms with Gasteiger partial charge in [0.25, 0.3) is 0 Å². The van der Waals surface area contributed by atoms with Gasteiger partial charge in [0.05, 0.1) is 11.4 Å². The molecule has 0 amide bonds. The van der Waals surface area contributed by atoms with Crippen LogP contribution in [0.3, 0.4) is 0 Å². The standard InChI is InChI=1S/C12H16N4O/c1-3-13-11-7-10(9-5-4-6-14-9)15-12(16-11)8-17-2/h4-7,14H,3,8H2,1-2H3,(H,13,15,16).